The van der Waals surface area contributed by atoms with Crippen molar-refractivity contribution in [1.82, 2.24) is 4.31 Å². The van der Waals surface area contributed by atoms with Crippen molar-refractivity contribution in [2.75, 3.05) is 6.54 Å². The first-order chi connectivity index (χ1) is 12.0. The zero-order valence-corrected chi connectivity index (χ0v) is 16.1. The van der Waals surface area contributed by atoms with E-state index in [-0.39, 0.29) is 11.4 Å². The Morgan fingerprint density at radius 1 is 1.20 bits per heavy atom. The van der Waals surface area contributed by atoms with E-state index >= 15 is 0 Å². The summed E-state index contributed by atoms with van der Waals surface area (Å²) in [6.07, 6.45) is 2.19. The van der Waals surface area contributed by atoms with Gasteiger partial charge in [0.1, 0.15) is 5.76 Å². The molecular weight excluding hydrogens is 378 g/mol. The first-order valence-corrected chi connectivity index (χ1v) is 10.5. The first-order valence-electron chi connectivity index (χ1n) is 7.78. The Bertz CT molecular complexity index is 919. The Labute approximate surface area is 156 Å². The van der Waals surface area contributed by atoms with E-state index in [4.69, 9.17) is 16.0 Å². The average Bonchev–Trinajstić information content (AvgIpc) is 3.27. The van der Waals surface area contributed by atoms with Gasteiger partial charge in [-0.2, -0.15) is 4.31 Å². The van der Waals surface area contributed by atoms with E-state index in [1.54, 1.807) is 41.9 Å². The van der Waals surface area contributed by atoms with Crippen LogP contribution in [0.4, 0.5) is 0 Å². The van der Waals surface area contributed by atoms with Crippen LogP contribution < -0.4 is 0 Å². The van der Waals surface area contributed by atoms with Gasteiger partial charge >= 0.3 is 0 Å². The zero-order valence-electron chi connectivity index (χ0n) is 13.7. The summed E-state index contributed by atoms with van der Waals surface area (Å²) in [7, 11) is -3.68. The third kappa shape index (κ3) is 4.33. The molecule has 0 saturated carbocycles. The molecule has 3 aromatic rings. The average molecular weight is 396 g/mol. The Morgan fingerprint density at radius 3 is 2.68 bits per heavy atom. The summed E-state index contributed by atoms with van der Waals surface area (Å²) in [5.41, 5.74) is 0.844. The molecule has 0 spiro atoms. The van der Waals surface area contributed by atoms with Gasteiger partial charge in [0.25, 0.3) is 0 Å². The van der Waals surface area contributed by atoms with Crippen LogP contribution in [0.5, 0.6) is 0 Å². The number of nitrogens with zero attached hydrogens (tertiary/aromatic N) is 1. The molecule has 2 aromatic heterocycles. The van der Waals surface area contributed by atoms with Crippen LogP contribution >= 0.6 is 22.9 Å². The van der Waals surface area contributed by atoms with Crippen molar-refractivity contribution >= 4 is 33.0 Å². The van der Waals surface area contributed by atoms with Crippen LogP contribution in [0.15, 0.2) is 63.4 Å². The van der Waals surface area contributed by atoms with Crippen molar-refractivity contribution in [3.8, 4) is 0 Å². The maximum Gasteiger partial charge on any atom is 0.243 e. The monoisotopic (exact) mass is 395 g/mol. The van der Waals surface area contributed by atoms with Crippen LogP contribution in [0.25, 0.3) is 0 Å². The third-order valence-electron chi connectivity index (χ3n) is 3.88. The molecule has 2 heterocycles. The molecule has 0 aliphatic rings. The van der Waals surface area contributed by atoms with Crippen LogP contribution in [0, 0.1) is 6.92 Å². The van der Waals surface area contributed by atoms with Gasteiger partial charge in [-0.1, -0.05) is 23.7 Å². The van der Waals surface area contributed by atoms with Gasteiger partial charge in [0.2, 0.25) is 10.0 Å². The molecule has 0 radical (unpaired) electrons. The lowest BCUT2D eigenvalue weighted by Crippen LogP contribution is -2.32. The van der Waals surface area contributed by atoms with Gasteiger partial charge in [-0.05, 0) is 54.6 Å². The Morgan fingerprint density at radius 2 is 2.04 bits per heavy atom. The van der Waals surface area contributed by atoms with Gasteiger partial charge in [-0.3, -0.25) is 0 Å². The topological polar surface area (TPSA) is 50.5 Å². The minimum atomic E-state index is -3.68. The second-order valence-corrected chi connectivity index (χ2v) is 9.04. The van der Waals surface area contributed by atoms with Crippen molar-refractivity contribution in [2.45, 2.75) is 24.8 Å². The molecule has 0 aliphatic heterocycles. The Hall–Kier alpha value is -1.60. The highest BCUT2D eigenvalue weighted by molar-refractivity contribution is 7.89. The van der Waals surface area contributed by atoms with Gasteiger partial charge in [0, 0.05) is 16.4 Å². The Kier molecular flexibility index (Phi) is 5.64. The predicted molar refractivity (Wildman–Crippen MR) is 101 cm³/mol. The summed E-state index contributed by atoms with van der Waals surface area (Å²) in [6.45, 7) is 2.40. The number of thiophene rings is 1. The number of halogens is 1. The molecule has 0 aliphatic carbocycles. The van der Waals surface area contributed by atoms with Crippen LogP contribution in [-0.4, -0.2) is 19.3 Å². The molecule has 0 amide bonds. The summed E-state index contributed by atoms with van der Waals surface area (Å²) in [5, 5.41) is 2.43. The number of hydrogen-bond donors (Lipinski definition) is 0. The molecule has 4 nitrogen and oxygen atoms in total. The van der Waals surface area contributed by atoms with Gasteiger partial charge in [-0.15, -0.1) is 11.3 Å². The van der Waals surface area contributed by atoms with E-state index in [0.29, 0.717) is 23.7 Å². The minimum Gasteiger partial charge on any atom is -0.468 e. The van der Waals surface area contributed by atoms with Crippen molar-refractivity contribution in [3.63, 3.8) is 0 Å². The summed E-state index contributed by atoms with van der Waals surface area (Å²) >= 11 is 7.74. The molecule has 132 valence electrons. The molecule has 7 heteroatoms. The summed E-state index contributed by atoms with van der Waals surface area (Å²) < 4.78 is 33.0. The van der Waals surface area contributed by atoms with E-state index < -0.39 is 10.0 Å². The van der Waals surface area contributed by atoms with Gasteiger partial charge < -0.3 is 4.42 Å². The molecule has 0 saturated heterocycles. The second-order valence-electron chi connectivity index (χ2n) is 5.66. The number of aryl methyl sites for hydroxylation is 1. The highest BCUT2D eigenvalue weighted by Crippen LogP contribution is 2.24. The third-order valence-corrected chi connectivity index (χ3v) is 7.07. The van der Waals surface area contributed by atoms with E-state index in [1.807, 2.05) is 24.4 Å². The van der Waals surface area contributed by atoms with Gasteiger partial charge in [0.05, 0.1) is 17.7 Å². The molecule has 0 fully saturated rings. The standard InChI is InChI=1S/C18H18ClNO3S2/c1-14-6-7-17(12-18(14)19)25(21,22)20(13-15-4-2-10-23-15)9-8-16-5-3-11-24-16/h2-7,10-12H,8-9,13H2,1H3. The summed E-state index contributed by atoms with van der Waals surface area (Å²) in [6, 6.07) is 12.3. The predicted octanol–water partition coefficient (Wildman–Crippen LogP) is 4.74. The SMILES string of the molecule is Cc1ccc(S(=O)(=O)N(CCc2cccs2)Cc2ccco2)cc1Cl. The van der Waals surface area contributed by atoms with Gasteiger partial charge in [-0.25, -0.2) is 8.42 Å². The maximum atomic E-state index is 13.1. The Balaban J connectivity index is 1.89. The van der Waals surface area contributed by atoms with Crippen LogP contribution in [0.3, 0.4) is 0 Å². The highest BCUT2D eigenvalue weighted by atomic mass is 35.5. The van der Waals surface area contributed by atoms with E-state index in [0.717, 1.165) is 10.4 Å². The molecule has 0 N–H and O–H groups in total. The van der Waals surface area contributed by atoms with Gasteiger partial charge in [0.15, 0.2) is 0 Å². The second kappa shape index (κ2) is 7.74. The largest absolute Gasteiger partial charge is 0.468 e. The maximum absolute atomic E-state index is 13.1. The van der Waals surface area contributed by atoms with E-state index in [1.165, 1.54) is 10.4 Å². The first kappa shape index (κ1) is 18.2. The van der Waals surface area contributed by atoms with Crippen LogP contribution in [0.1, 0.15) is 16.2 Å². The number of rotatable bonds is 7. The lowest BCUT2D eigenvalue weighted by Gasteiger charge is -2.21. The minimum absolute atomic E-state index is 0.187. The van der Waals surface area contributed by atoms with E-state index in [9.17, 15) is 8.42 Å². The van der Waals surface area contributed by atoms with E-state index in [2.05, 4.69) is 0 Å². The van der Waals surface area contributed by atoms with Crippen LogP contribution in [-0.2, 0) is 23.0 Å². The molecule has 0 unspecified atom stereocenters. The molecular formula is C18H18ClNO3S2. The zero-order chi connectivity index (χ0) is 17.9. The lowest BCUT2D eigenvalue weighted by molar-refractivity contribution is 0.366. The van der Waals surface area contributed by atoms with Crippen LogP contribution in [0.2, 0.25) is 5.02 Å². The number of benzene rings is 1. The lowest BCUT2D eigenvalue weighted by atomic mass is 10.2. The summed E-state index contributed by atoms with van der Waals surface area (Å²) in [5.74, 6) is 0.605. The fraction of sp³-hybridized carbons (Fsp3) is 0.222. The van der Waals surface area contributed by atoms with Crippen molar-refractivity contribution in [1.29, 1.82) is 0 Å². The quantitative estimate of drug-likeness (QED) is 0.580. The smallest absolute Gasteiger partial charge is 0.243 e. The molecule has 1 aromatic carbocycles. The summed E-state index contributed by atoms with van der Waals surface area (Å²) in [4.78, 5) is 1.34. The number of hydrogen-bond acceptors (Lipinski definition) is 4. The normalized spacial score (nSPS) is 12.0. The highest BCUT2D eigenvalue weighted by Gasteiger charge is 2.26. The molecule has 0 atom stereocenters. The molecule has 25 heavy (non-hydrogen) atoms. The molecule has 0 bridgehead atoms. The number of furan rings is 1. The fourth-order valence-electron chi connectivity index (χ4n) is 2.43. The fourth-order valence-corrected chi connectivity index (χ4v) is 4.81. The van der Waals surface area contributed by atoms with Crippen molar-refractivity contribution in [3.05, 3.63) is 75.3 Å². The van der Waals surface area contributed by atoms with Crippen molar-refractivity contribution in [2.24, 2.45) is 0 Å². The number of sulfonamides is 1. The van der Waals surface area contributed by atoms with Crippen molar-refractivity contribution < 1.29 is 12.8 Å². The molecule has 3 rings (SSSR count).